The van der Waals surface area contributed by atoms with Crippen LogP contribution in [0.2, 0.25) is 0 Å². The lowest BCUT2D eigenvalue weighted by Crippen LogP contribution is -1.76. The molecule has 0 unspecified atom stereocenters. The summed E-state index contributed by atoms with van der Waals surface area (Å²) in [6.07, 6.45) is 9.00. The lowest BCUT2D eigenvalue weighted by Gasteiger charge is -2.01. The maximum Gasteiger partial charge on any atom is 0.0118 e. The fourth-order valence-electron chi connectivity index (χ4n) is 1.59. The Labute approximate surface area is 104 Å². The van der Waals surface area contributed by atoms with Gasteiger partial charge >= 0.3 is 0 Å². The maximum atomic E-state index is 2.37. The molecule has 0 aliphatic heterocycles. The zero-order chi connectivity index (χ0) is 11.6. The van der Waals surface area contributed by atoms with Crippen LogP contribution in [0.25, 0.3) is 0 Å². The van der Waals surface area contributed by atoms with Crippen molar-refractivity contribution in [2.24, 2.45) is 0 Å². The minimum Gasteiger partial charge on any atom is -0.0952 e. The summed E-state index contributed by atoms with van der Waals surface area (Å²) in [4.78, 5) is 2.76. The van der Waals surface area contributed by atoms with Crippen molar-refractivity contribution in [1.82, 2.24) is 0 Å². The van der Waals surface area contributed by atoms with Gasteiger partial charge in [0.05, 0.1) is 0 Å². The molecule has 0 radical (unpaired) electrons. The highest BCUT2D eigenvalue weighted by Crippen LogP contribution is 2.26. The van der Waals surface area contributed by atoms with Crippen molar-refractivity contribution in [2.45, 2.75) is 50.8 Å². The van der Waals surface area contributed by atoms with Crippen molar-refractivity contribution in [3.05, 3.63) is 41.3 Å². The van der Waals surface area contributed by atoms with E-state index in [1.54, 1.807) is 0 Å². The average Bonchev–Trinajstić information content (AvgIpc) is 2.30. The van der Waals surface area contributed by atoms with Gasteiger partial charge in [-0.05, 0) is 36.8 Å². The molecule has 1 heteroatoms. The molecule has 1 aromatic rings. The van der Waals surface area contributed by atoms with E-state index in [1.165, 1.54) is 41.9 Å². The Morgan fingerprint density at radius 3 is 2.56 bits per heavy atom. The molecular formula is C15H22S. The summed E-state index contributed by atoms with van der Waals surface area (Å²) in [6.45, 7) is 4.46. The van der Waals surface area contributed by atoms with E-state index in [1.807, 2.05) is 11.8 Å². The largest absolute Gasteiger partial charge is 0.0952 e. The van der Waals surface area contributed by atoms with Crippen molar-refractivity contribution in [2.75, 3.05) is 0 Å². The first kappa shape index (κ1) is 13.4. The van der Waals surface area contributed by atoms with Crippen molar-refractivity contribution < 1.29 is 0 Å². The van der Waals surface area contributed by atoms with Gasteiger partial charge in [0, 0.05) is 4.90 Å². The van der Waals surface area contributed by atoms with Gasteiger partial charge in [-0.15, -0.1) is 0 Å². The second kappa shape index (κ2) is 8.46. The second-order valence-electron chi connectivity index (χ2n) is 4.08. The number of unbranched alkanes of at least 4 members (excludes halogenated alkanes) is 4. The third-order valence-corrected chi connectivity index (χ3v) is 3.51. The lowest BCUT2D eigenvalue weighted by atomic mass is 10.1. The fraction of sp³-hybridized carbons (Fsp3) is 0.467. The van der Waals surface area contributed by atoms with E-state index in [0.717, 1.165) is 0 Å². The highest BCUT2D eigenvalue weighted by atomic mass is 32.2. The summed E-state index contributed by atoms with van der Waals surface area (Å²) in [5, 5.41) is 0. The van der Waals surface area contributed by atoms with Crippen molar-refractivity contribution in [3.63, 3.8) is 0 Å². The third-order valence-electron chi connectivity index (χ3n) is 2.51. The first-order valence-electron chi connectivity index (χ1n) is 6.22. The molecule has 1 rings (SSSR count). The normalized spacial score (nSPS) is 11.8. The van der Waals surface area contributed by atoms with Gasteiger partial charge in [-0.25, -0.2) is 0 Å². The Morgan fingerprint density at radius 2 is 1.88 bits per heavy atom. The quantitative estimate of drug-likeness (QED) is 0.434. The molecule has 0 spiro atoms. The van der Waals surface area contributed by atoms with Gasteiger partial charge in [-0.2, -0.15) is 0 Å². The Hall–Kier alpha value is -0.690. The molecule has 16 heavy (non-hydrogen) atoms. The fourth-order valence-corrected chi connectivity index (χ4v) is 2.46. The van der Waals surface area contributed by atoms with E-state index < -0.39 is 0 Å². The zero-order valence-electron chi connectivity index (χ0n) is 10.4. The van der Waals surface area contributed by atoms with Crippen molar-refractivity contribution in [1.29, 1.82) is 0 Å². The van der Waals surface area contributed by atoms with Crippen LogP contribution in [0, 0.1) is 0 Å². The van der Waals surface area contributed by atoms with Gasteiger partial charge in [0.15, 0.2) is 0 Å². The monoisotopic (exact) mass is 234 g/mol. The standard InChI is InChI=1S/C15H22S/c1-3-4-5-6-8-11-14(2)16-15-12-9-7-10-13-15/h7,9-13H,3-6,8H2,1-2H3. The number of hydrogen-bond donors (Lipinski definition) is 0. The molecule has 0 bridgehead atoms. The number of allylic oxidation sites excluding steroid dienone is 2. The average molecular weight is 234 g/mol. The van der Waals surface area contributed by atoms with Crippen LogP contribution in [0.5, 0.6) is 0 Å². The minimum atomic E-state index is 1.23. The van der Waals surface area contributed by atoms with Crippen molar-refractivity contribution in [3.8, 4) is 0 Å². The molecule has 0 amide bonds. The Bertz CT molecular complexity index is 300. The summed E-state index contributed by atoms with van der Waals surface area (Å²) in [6, 6.07) is 10.6. The first-order valence-corrected chi connectivity index (χ1v) is 7.04. The zero-order valence-corrected chi connectivity index (χ0v) is 11.2. The smallest absolute Gasteiger partial charge is 0.0118 e. The molecule has 0 N–H and O–H groups in total. The maximum absolute atomic E-state index is 2.37. The number of rotatable bonds is 7. The molecule has 0 saturated heterocycles. The Balaban J connectivity index is 2.24. The van der Waals surface area contributed by atoms with Crippen LogP contribution in [0.1, 0.15) is 46.0 Å². The number of benzene rings is 1. The van der Waals surface area contributed by atoms with Crippen LogP contribution < -0.4 is 0 Å². The van der Waals surface area contributed by atoms with Crippen LogP contribution in [-0.2, 0) is 0 Å². The summed E-state index contributed by atoms with van der Waals surface area (Å²) >= 11 is 1.87. The van der Waals surface area contributed by atoms with E-state index in [2.05, 4.69) is 50.3 Å². The predicted octanol–water partition coefficient (Wildman–Crippen LogP) is 5.65. The SMILES string of the molecule is CCCCCCC=C(C)Sc1ccccc1. The van der Waals surface area contributed by atoms with Crippen molar-refractivity contribution >= 4 is 11.8 Å². The molecule has 0 aliphatic rings. The van der Waals surface area contributed by atoms with Crippen LogP contribution in [0.3, 0.4) is 0 Å². The summed E-state index contributed by atoms with van der Waals surface area (Å²) in [5.74, 6) is 0. The van der Waals surface area contributed by atoms with Crippen LogP contribution in [0.15, 0.2) is 46.2 Å². The molecule has 0 aromatic heterocycles. The van der Waals surface area contributed by atoms with Gasteiger partial charge in [0.1, 0.15) is 0 Å². The highest BCUT2D eigenvalue weighted by Gasteiger charge is 1.94. The molecule has 0 nitrogen and oxygen atoms in total. The van der Waals surface area contributed by atoms with E-state index in [0.29, 0.717) is 0 Å². The van der Waals surface area contributed by atoms with Gasteiger partial charge in [0.2, 0.25) is 0 Å². The Kier molecular flexibility index (Phi) is 7.07. The summed E-state index contributed by atoms with van der Waals surface area (Å²) in [7, 11) is 0. The van der Waals surface area contributed by atoms with Crippen LogP contribution >= 0.6 is 11.8 Å². The predicted molar refractivity (Wildman–Crippen MR) is 74.8 cm³/mol. The summed E-state index contributed by atoms with van der Waals surface area (Å²) < 4.78 is 0. The van der Waals surface area contributed by atoms with Crippen LogP contribution in [0.4, 0.5) is 0 Å². The molecule has 0 saturated carbocycles. The third kappa shape index (κ3) is 6.02. The molecule has 1 aromatic carbocycles. The summed E-state index contributed by atoms with van der Waals surface area (Å²) in [5.41, 5.74) is 0. The van der Waals surface area contributed by atoms with Gasteiger partial charge in [-0.1, -0.05) is 62.2 Å². The second-order valence-corrected chi connectivity index (χ2v) is 5.40. The first-order chi connectivity index (χ1) is 7.83. The molecule has 0 atom stereocenters. The molecule has 88 valence electrons. The van der Waals surface area contributed by atoms with Crippen LogP contribution in [-0.4, -0.2) is 0 Å². The van der Waals surface area contributed by atoms with E-state index in [9.17, 15) is 0 Å². The van der Waals surface area contributed by atoms with E-state index >= 15 is 0 Å². The Morgan fingerprint density at radius 1 is 1.12 bits per heavy atom. The number of hydrogen-bond acceptors (Lipinski definition) is 1. The molecule has 0 fully saturated rings. The van der Waals surface area contributed by atoms with Gasteiger partial charge in [0.25, 0.3) is 0 Å². The minimum absolute atomic E-state index is 1.23. The van der Waals surface area contributed by atoms with E-state index in [4.69, 9.17) is 0 Å². The topological polar surface area (TPSA) is 0 Å². The number of thioether (sulfide) groups is 1. The molecular weight excluding hydrogens is 212 g/mol. The highest BCUT2D eigenvalue weighted by molar-refractivity contribution is 8.03. The van der Waals surface area contributed by atoms with Gasteiger partial charge < -0.3 is 0 Å². The van der Waals surface area contributed by atoms with Gasteiger partial charge in [-0.3, -0.25) is 0 Å². The molecule has 0 heterocycles. The molecule has 0 aliphatic carbocycles. The van der Waals surface area contributed by atoms with E-state index in [-0.39, 0.29) is 0 Å². The lowest BCUT2D eigenvalue weighted by molar-refractivity contribution is 0.674.